The SMILES string of the molecule is O=C(C[C@H](NC(=O)c1ccccc1)c1ccccc1)N/N=C\c1ccc(OCc2ccc(F)cc2)c(Br)c1. The Morgan fingerprint density at radius 2 is 1.61 bits per heavy atom. The third kappa shape index (κ3) is 7.85. The number of hydrogen-bond donors (Lipinski definition) is 2. The van der Waals surface area contributed by atoms with Crippen molar-refractivity contribution < 1.29 is 18.7 Å². The van der Waals surface area contributed by atoms with Gasteiger partial charge in [0, 0.05) is 5.56 Å². The quantitative estimate of drug-likeness (QED) is 0.176. The van der Waals surface area contributed by atoms with E-state index in [1.807, 2.05) is 42.5 Å². The predicted molar refractivity (Wildman–Crippen MR) is 148 cm³/mol. The minimum absolute atomic E-state index is 0.0137. The number of hydrogen-bond acceptors (Lipinski definition) is 4. The molecule has 0 aromatic heterocycles. The lowest BCUT2D eigenvalue weighted by atomic mass is 10.0. The molecule has 0 fully saturated rings. The van der Waals surface area contributed by atoms with Crippen molar-refractivity contribution in [2.75, 3.05) is 0 Å². The maximum atomic E-state index is 13.1. The Morgan fingerprint density at radius 3 is 2.29 bits per heavy atom. The van der Waals surface area contributed by atoms with Crippen LogP contribution >= 0.6 is 15.9 Å². The van der Waals surface area contributed by atoms with Crippen LogP contribution in [-0.4, -0.2) is 18.0 Å². The Labute approximate surface area is 228 Å². The fraction of sp³-hybridized carbons (Fsp3) is 0.100. The van der Waals surface area contributed by atoms with Crippen molar-refractivity contribution in [3.05, 3.63) is 136 Å². The van der Waals surface area contributed by atoms with E-state index in [9.17, 15) is 14.0 Å². The molecule has 6 nitrogen and oxygen atoms in total. The van der Waals surface area contributed by atoms with Gasteiger partial charge in [0.1, 0.15) is 18.2 Å². The molecule has 8 heteroatoms. The van der Waals surface area contributed by atoms with E-state index in [4.69, 9.17) is 4.74 Å². The van der Waals surface area contributed by atoms with Gasteiger partial charge in [0.15, 0.2) is 0 Å². The number of carbonyl (C=O) groups excluding carboxylic acids is 2. The number of nitrogens with zero attached hydrogens (tertiary/aromatic N) is 1. The van der Waals surface area contributed by atoms with Crippen LogP contribution in [-0.2, 0) is 11.4 Å². The summed E-state index contributed by atoms with van der Waals surface area (Å²) in [4.78, 5) is 25.4. The molecule has 0 unspecified atom stereocenters. The fourth-order valence-electron chi connectivity index (χ4n) is 3.63. The molecule has 4 aromatic rings. The number of ether oxygens (including phenoxy) is 1. The molecule has 4 rings (SSSR count). The molecule has 38 heavy (non-hydrogen) atoms. The third-order valence-electron chi connectivity index (χ3n) is 5.60. The van der Waals surface area contributed by atoms with Gasteiger partial charge in [-0.05, 0) is 75.1 Å². The zero-order valence-electron chi connectivity index (χ0n) is 20.3. The molecular weight excluding hydrogens is 549 g/mol. The Kier molecular flexibility index (Phi) is 9.37. The van der Waals surface area contributed by atoms with Crippen LogP contribution in [0.4, 0.5) is 4.39 Å². The van der Waals surface area contributed by atoms with Crippen LogP contribution in [0.3, 0.4) is 0 Å². The minimum Gasteiger partial charge on any atom is -0.488 e. The molecule has 0 saturated carbocycles. The highest BCUT2D eigenvalue weighted by Crippen LogP contribution is 2.26. The number of hydrazone groups is 1. The van der Waals surface area contributed by atoms with Crippen molar-refractivity contribution in [2.24, 2.45) is 5.10 Å². The van der Waals surface area contributed by atoms with E-state index in [1.165, 1.54) is 18.3 Å². The molecule has 0 heterocycles. The van der Waals surface area contributed by atoms with Gasteiger partial charge >= 0.3 is 0 Å². The van der Waals surface area contributed by atoms with Crippen LogP contribution in [0.2, 0.25) is 0 Å². The first-order valence-corrected chi connectivity index (χ1v) is 12.7. The highest BCUT2D eigenvalue weighted by molar-refractivity contribution is 9.10. The van der Waals surface area contributed by atoms with Crippen LogP contribution in [0, 0.1) is 5.82 Å². The van der Waals surface area contributed by atoms with Gasteiger partial charge in [-0.3, -0.25) is 9.59 Å². The van der Waals surface area contributed by atoms with E-state index in [-0.39, 0.29) is 24.1 Å². The monoisotopic (exact) mass is 573 g/mol. The fourth-order valence-corrected chi connectivity index (χ4v) is 4.15. The van der Waals surface area contributed by atoms with Gasteiger partial charge in [-0.15, -0.1) is 0 Å². The molecule has 0 radical (unpaired) electrons. The highest BCUT2D eigenvalue weighted by atomic mass is 79.9. The number of halogens is 2. The summed E-state index contributed by atoms with van der Waals surface area (Å²) in [6.45, 7) is 0.297. The van der Waals surface area contributed by atoms with E-state index in [0.29, 0.717) is 22.4 Å². The topological polar surface area (TPSA) is 79.8 Å². The molecule has 0 saturated heterocycles. The first-order chi connectivity index (χ1) is 18.5. The number of nitrogens with one attached hydrogen (secondary N) is 2. The van der Waals surface area contributed by atoms with Gasteiger partial charge in [0.05, 0.1) is 23.1 Å². The summed E-state index contributed by atoms with van der Waals surface area (Å²) >= 11 is 3.48. The molecule has 192 valence electrons. The molecule has 2 N–H and O–H groups in total. The summed E-state index contributed by atoms with van der Waals surface area (Å²) in [7, 11) is 0. The summed E-state index contributed by atoms with van der Waals surface area (Å²) in [5, 5.41) is 7.00. The van der Waals surface area contributed by atoms with Gasteiger partial charge in [-0.25, -0.2) is 9.82 Å². The van der Waals surface area contributed by atoms with Crippen molar-refractivity contribution >= 4 is 34.0 Å². The van der Waals surface area contributed by atoms with E-state index < -0.39 is 6.04 Å². The van der Waals surface area contributed by atoms with Gasteiger partial charge < -0.3 is 10.1 Å². The first-order valence-electron chi connectivity index (χ1n) is 11.9. The molecule has 4 aromatic carbocycles. The number of benzene rings is 4. The van der Waals surface area contributed by atoms with Gasteiger partial charge in [0.25, 0.3) is 5.91 Å². The zero-order chi connectivity index (χ0) is 26.7. The van der Waals surface area contributed by atoms with Crippen molar-refractivity contribution in [1.82, 2.24) is 10.7 Å². The van der Waals surface area contributed by atoms with E-state index in [2.05, 4.69) is 31.8 Å². The molecular formula is C30H25BrFN3O3. The third-order valence-corrected chi connectivity index (χ3v) is 6.22. The second-order valence-corrected chi connectivity index (χ2v) is 9.26. The van der Waals surface area contributed by atoms with Crippen LogP contribution in [0.25, 0.3) is 0 Å². The van der Waals surface area contributed by atoms with Crippen LogP contribution < -0.4 is 15.5 Å². The second kappa shape index (κ2) is 13.3. The Bertz CT molecular complexity index is 1400. The largest absolute Gasteiger partial charge is 0.488 e. The molecule has 0 aliphatic rings. The van der Waals surface area contributed by atoms with E-state index in [1.54, 1.807) is 48.5 Å². The zero-order valence-corrected chi connectivity index (χ0v) is 21.9. The molecule has 1 atom stereocenters. The van der Waals surface area contributed by atoms with E-state index in [0.717, 1.165) is 16.7 Å². The Balaban J connectivity index is 1.34. The lowest BCUT2D eigenvalue weighted by Crippen LogP contribution is -2.32. The maximum absolute atomic E-state index is 13.1. The lowest BCUT2D eigenvalue weighted by Gasteiger charge is -2.18. The van der Waals surface area contributed by atoms with Crippen LogP contribution in [0.15, 0.2) is 113 Å². The smallest absolute Gasteiger partial charge is 0.251 e. The second-order valence-electron chi connectivity index (χ2n) is 8.41. The van der Waals surface area contributed by atoms with E-state index >= 15 is 0 Å². The summed E-state index contributed by atoms with van der Waals surface area (Å²) in [6.07, 6.45) is 1.53. The molecule has 0 bridgehead atoms. The summed E-state index contributed by atoms with van der Waals surface area (Å²) in [5.41, 5.74) is 5.45. The van der Waals surface area contributed by atoms with Gasteiger partial charge in [-0.2, -0.15) is 5.10 Å². The normalized spacial score (nSPS) is 11.6. The summed E-state index contributed by atoms with van der Waals surface area (Å²) < 4.78 is 19.6. The molecule has 0 spiro atoms. The van der Waals surface area contributed by atoms with Crippen molar-refractivity contribution in [1.29, 1.82) is 0 Å². The minimum atomic E-state index is -0.522. The average Bonchev–Trinajstić information content (AvgIpc) is 2.94. The number of carbonyl (C=O) groups is 2. The lowest BCUT2D eigenvalue weighted by molar-refractivity contribution is -0.121. The number of amides is 2. The van der Waals surface area contributed by atoms with Crippen LogP contribution in [0.5, 0.6) is 5.75 Å². The Hall–Kier alpha value is -4.30. The Morgan fingerprint density at radius 1 is 0.921 bits per heavy atom. The molecule has 2 amide bonds. The van der Waals surface area contributed by atoms with Crippen molar-refractivity contribution in [2.45, 2.75) is 19.1 Å². The molecule has 0 aliphatic heterocycles. The predicted octanol–water partition coefficient (Wildman–Crippen LogP) is 6.18. The van der Waals surface area contributed by atoms with Gasteiger partial charge in [0.2, 0.25) is 5.91 Å². The van der Waals surface area contributed by atoms with Crippen LogP contribution in [0.1, 0.15) is 39.5 Å². The van der Waals surface area contributed by atoms with Crippen molar-refractivity contribution in [3.8, 4) is 5.75 Å². The maximum Gasteiger partial charge on any atom is 0.251 e. The van der Waals surface area contributed by atoms with Gasteiger partial charge in [-0.1, -0.05) is 60.7 Å². The standard InChI is InChI=1S/C30H25BrFN3O3/c31-26-17-22(13-16-28(26)38-20-21-11-14-25(32)15-12-21)19-33-35-29(36)18-27(23-7-3-1-4-8-23)34-30(37)24-9-5-2-6-10-24/h1-17,19,27H,18,20H2,(H,34,37)(H,35,36)/b33-19-/t27-/m0/s1. The number of rotatable bonds is 10. The first kappa shape index (κ1) is 26.8. The highest BCUT2D eigenvalue weighted by Gasteiger charge is 2.19. The van der Waals surface area contributed by atoms with Crippen molar-refractivity contribution in [3.63, 3.8) is 0 Å². The summed E-state index contributed by atoms with van der Waals surface area (Å²) in [6, 6.07) is 29.2. The summed E-state index contributed by atoms with van der Waals surface area (Å²) in [5.74, 6) is -0.280. The average molecular weight is 574 g/mol. The molecule has 0 aliphatic carbocycles.